The number of aryl methyl sites for hydroxylation is 1. The molecule has 4 heteroatoms. The van der Waals surface area contributed by atoms with Crippen LogP contribution in [0.2, 0.25) is 0 Å². The average Bonchev–Trinajstić information content (AvgIpc) is 2.84. The van der Waals surface area contributed by atoms with E-state index < -0.39 is 0 Å². The molecule has 132 valence electrons. The highest BCUT2D eigenvalue weighted by atomic mass is 15.2. The van der Waals surface area contributed by atoms with Crippen LogP contribution in [0, 0.1) is 5.92 Å². The molecule has 1 unspecified atom stereocenters. The summed E-state index contributed by atoms with van der Waals surface area (Å²) >= 11 is 0. The zero-order valence-corrected chi connectivity index (χ0v) is 15.1. The molecule has 0 aromatic carbocycles. The van der Waals surface area contributed by atoms with Gasteiger partial charge >= 0.3 is 0 Å². The molecule has 1 saturated heterocycles. The fourth-order valence-corrected chi connectivity index (χ4v) is 3.54. The van der Waals surface area contributed by atoms with Gasteiger partial charge in [0, 0.05) is 26.2 Å². The van der Waals surface area contributed by atoms with Gasteiger partial charge in [-0.1, -0.05) is 25.5 Å². The number of anilines is 1. The molecule has 1 aromatic rings. The Morgan fingerprint density at radius 1 is 1.25 bits per heavy atom. The van der Waals surface area contributed by atoms with Crippen LogP contribution >= 0.6 is 0 Å². The molecule has 0 saturated carbocycles. The maximum absolute atomic E-state index is 4.98. The summed E-state index contributed by atoms with van der Waals surface area (Å²) in [7, 11) is 0. The van der Waals surface area contributed by atoms with Crippen molar-refractivity contribution in [3.8, 4) is 0 Å². The third-order valence-corrected chi connectivity index (χ3v) is 5.13. The molecule has 1 aliphatic heterocycles. The number of hydrogen-bond donors (Lipinski definition) is 2. The molecular weight excluding hydrogens is 296 g/mol. The van der Waals surface area contributed by atoms with E-state index in [1.807, 2.05) is 0 Å². The van der Waals surface area contributed by atoms with Crippen LogP contribution in [0.3, 0.4) is 0 Å². The number of pyridine rings is 1. The Kier molecular flexibility index (Phi) is 6.67. The molecule has 3 rings (SSSR count). The predicted octanol–water partition coefficient (Wildman–Crippen LogP) is 2.85. The lowest BCUT2D eigenvalue weighted by molar-refractivity contribution is 0.508. The topological polar surface area (TPSA) is 40.2 Å². The van der Waals surface area contributed by atoms with Crippen LogP contribution in [0.15, 0.2) is 18.2 Å². The first-order valence-corrected chi connectivity index (χ1v) is 9.71. The minimum absolute atomic E-state index is 0.677. The van der Waals surface area contributed by atoms with E-state index in [1.165, 1.54) is 36.9 Å². The highest BCUT2D eigenvalue weighted by Gasteiger charge is 2.16. The molecule has 2 heterocycles. The van der Waals surface area contributed by atoms with Crippen molar-refractivity contribution in [3.63, 3.8) is 0 Å². The van der Waals surface area contributed by atoms with Crippen molar-refractivity contribution in [1.29, 1.82) is 0 Å². The van der Waals surface area contributed by atoms with Crippen molar-refractivity contribution >= 4 is 11.9 Å². The third kappa shape index (κ3) is 4.81. The van der Waals surface area contributed by atoms with E-state index in [4.69, 9.17) is 4.98 Å². The first-order chi connectivity index (χ1) is 11.9. The molecule has 4 nitrogen and oxygen atoms in total. The zero-order chi connectivity index (χ0) is 16.6. The molecule has 1 fully saturated rings. The van der Waals surface area contributed by atoms with Gasteiger partial charge in [-0.3, -0.25) is 0 Å². The van der Waals surface area contributed by atoms with Crippen LogP contribution in [0.25, 0.3) is 6.08 Å². The normalized spacial score (nSPS) is 20.7. The lowest BCUT2D eigenvalue weighted by atomic mass is 10.00. The summed E-state index contributed by atoms with van der Waals surface area (Å²) in [4.78, 5) is 7.39. The largest absolute Gasteiger partial charge is 0.354 e. The van der Waals surface area contributed by atoms with E-state index in [9.17, 15) is 0 Å². The summed E-state index contributed by atoms with van der Waals surface area (Å²) in [5.74, 6) is 1.83. The predicted molar refractivity (Wildman–Crippen MR) is 103 cm³/mol. The molecule has 24 heavy (non-hydrogen) atoms. The summed E-state index contributed by atoms with van der Waals surface area (Å²) < 4.78 is 0. The van der Waals surface area contributed by atoms with E-state index in [2.05, 4.69) is 46.7 Å². The molecule has 2 N–H and O–H groups in total. The molecule has 0 amide bonds. The fraction of sp³-hybridized carbons (Fsp3) is 0.650. The summed E-state index contributed by atoms with van der Waals surface area (Å²) in [6.07, 6.45) is 10.8. The second-order valence-corrected chi connectivity index (χ2v) is 6.99. The number of unbranched alkanes of at least 4 members (excludes halogenated alkanes) is 1. The van der Waals surface area contributed by atoms with Gasteiger partial charge in [0.15, 0.2) is 0 Å². The first-order valence-electron chi connectivity index (χ1n) is 9.71. The second kappa shape index (κ2) is 9.19. The Morgan fingerprint density at radius 2 is 2.12 bits per heavy atom. The van der Waals surface area contributed by atoms with E-state index >= 15 is 0 Å². The Hall–Kier alpha value is -1.39. The Morgan fingerprint density at radius 3 is 2.96 bits per heavy atom. The standard InChI is InChI=1S/C20H32N4/c1-2-3-11-21-12-10-17-4-6-18-7-9-20(23-19(18)8-5-17)24-15-13-22-14-16-24/h4,6-7,9,17,21-22H,2-3,5,8,10-16H2,1H3. The van der Waals surface area contributed by atoms with Gasteiger partial charge in [0.2, 0.25) is 0 Å². The number of aromatic nitrogens is 1. The lowest BCUT2D eigenvalue weighted by Gasteiger charge is -2.28. The monoisotopic (exact) mass is 328 g/mol. The Labute approximate surface area is 146 Å². The average molecular weight is 329 g/mol. The van der Waals surface area contributed by atoms with Crippen LogP contribution in [-0.2, 0) is 6.42 Å². The van der Waals surface area contributed by atoms with E-state index in [-0.39, 0.29) is 0 Å². The maximum Gasteiger partial charge on any atom is 0.128 e. The molecule has 1 aliphatic carbocycles. The minimum atomic E-state index is 0.677. The highest BCUT2D eigenvalue weighted by Crippen LogP contribution is 2.25. The molecular formula is C20H32N4. The van der Waals surface area contributed by atoms with Crippen molar-refractivity contribution in [3.05, 3.63) is 29.5 Å². The Balaban J connectivity index is 1.54. The van der Waals surface area contributed by atoms with Crippen molar-refractivity contribution in [1.82, 2.24) is 15.6 Å². The quantitative estimate of drug-likeness (QED) is 0.755. The van der Waals surface area contributed by atoms with Crippen molar-refractivity contribution in [2.75, 3.05) is 44.2 Å². The van der Waals surface area contributed by atoms with Gasteiger partial charge in [0.1, 0.15) is 5.82 Å². The number of piperazine rings is 1. The SMILES string of the molecule is CCCCNCCC1C=Cc2ccc(N3CCNCC3)nc2CC1. The van der Waals surface area contributed by atoms with Gasteiger partial charge < -0.3 is 15.5 Å². The Bertz CT molecular complexity index is 534. The van der Waals surface area contributed by atoms with Crippen LogP contribution in [0.5, 0.6) is 0 Å². The second-order valence-electron chi connectivity index (χ2n) is 6.99. The van der Waals surface area contributed by atoms with Gasteiger partial charge in [-0.25, -0.2) is 4.98 Å². The number of hydrogen-bond acceptors (Lipinski definition) is 4. The number of nitrogens with one attached hydrogen (secondary N) is 2. The lowest BCUT2D eigenvalue weighted by Crippen LogP contribution is -2.44. The van der Waals surface area contributed by atoms with Gasteiger partial charge in [-0.05, 0) is 62.4 Å². The van der Waals surface area contributed by atoms with Crippen molar-refractivity contribution in [2.45, 2.75) is 39.0 Å². The smallest absolute Gasteiger partial charge is 0.128 e. The summed E-state index contributed by atoms with van der Waals surface area (Å²) in [6.45, 7) is 8.78. The summed E-state index contributed by atoms with van der Waals surface area (Å²) in [6, 6.07) is 4.46. The molecule has 1 atom stereocenters. The maximum atomic E-state index is 4.98. The van der Waals surface area contributed by atoms with Gasteiger partial charge in [0.25, 0.3) is 0 Å². The third-order valence-electron chi connectivity index (χ3n) is 5.13. The number of rotatable bonds is 7. The molecule has 1 aromatic heterocycles. The molecule has 0 spiro atoms. The number of fused-ring (bicyclic) bond motifs is 1. The summed E-state index contributed by atoms with van der Waals surface area (Å²) in [5, 5.41) is 6.97. The van der Waals surface area contributed by atoms with Crippen LogP contribution in [0.4, 0.5) is 5.82 Å². The fourth-order valence-electron chi connectivity index (χ4n) is 3.54. The van der Waals surface area contributed by atoms with Gasteiger partial charge in [0.05, 0.1) is 5.69 Å². The first kappa shape index (κ1) is 17.4. The van der Waals surface area contributed by atoms with Crippen molar-refractivity contribution in [2.24, 2.45) is 5.92 Å². The molecule has 2 aliphatic rings. The van der Waals surface area contributed by atoms with E-state index in [0.717, 1.165) is 51.5 Å². The van der Waals surface area contributed by atoms with Crippen LogP contribution in [-0.4, -0.2) is 44.3 Å². The van der Waals surface area contributed by atoms with Gasteiger partial charge in [-0.15, -0.1) is 0 Å². The molecule has 0 radical (unpaired) electrons. The van der Waals surface area contributed by atoms with Crippen LogP contribution < -0.4 is 15.5 Å². The number of nitrogens with zero attached hydrogens (tertiary/aromatic N) is 2. The number of allylic oxidation sites excluding steroid dienone is 1. The summed E-state index contributed by atoms with van der Waals surface area (Å²) in [5.41, 5.74) is 2.60. The highest BCUT2D eigenvalue weighted by molar-refractivity contribution is 5.56. The van der Waals surface area contributed by atoms with E-state index in [1.54, 1.807) is 0 Å². The van der Waals surface area contributed by atoms with E-state index in [0.29, 0.717) is 5.92 Å². The molecule has 0 bridgehead atoms. The zero-order valence-electron chi connectivity index (χ0n) is 15.1. The minimum Gasteiger partial charge on any atom is -0.354 e. The van der Waals surface area contributed by atoms with Gasteiger partial charge in [-0.2, -0.15) is 0 Å². The van der Waals surface area contributed by atoms with Crippen molar-refractivity contribution < 1.29 is 0 Å². The van der Waals surface area contributed by atoms with Crippen LogP contribution in [0.1, 0.15) is 43.9 Å².